The van der Waals surface area contributed by atoms with E-state index in [9.17, 15) is 9.59 Å². The van der Waals surface area contributed by atoms with Crippen LogP contribution in [0.5, 0.6) is 0 Å². The number of hydrogen-bond acceptors (Lipinski definition) is 4. The molecule has 0 aromatic heterocycles. The molecule has 0 spiro atoms. The zero-order chi connectivity index (χ0) is 21.3. The van der Waals surface area contributed by atoms with Crippen LogP contribution in [0.25, 0.3) is 5.57 Å². The van der Waals surface area contributed by atoms with Crippen LogP contribution in [-0.4, -0.2) is 23.5 Å². The van der Waals surface area contributed by atoms with E-state index in [2.05, 4.69) is 0 Å². The molecule has 0 saturated heterocycles. The lowest BCUT2D eigenvalue weighted by molar-refractivity contribution is -0.140. The molecule has 3 rings (SSSR count). The van der Waals surface area contributed by atoms with Crippen LogP contribution < -0.4 is 5.84 Å². The fourth-order valence-corrected chi connectivity index (χ4v) is 3.15. The molecule has 0 aliphatic rings. The molecule has 0 fully saturated rings. The first-order chi connectivity index (χ1) is 14.6. The highest BCUT2D eigenvalue weighted by Crippen LogP contribution is 2.26. The molecule has 0 saturated carbocycles. The first kappa shape index (κ1) is 21.0. The van der Waals surface area contributed by atoms with E-state index in [1.807, 2.05) is 66.7 Å². The molecule has 152 valence electrons. The molecule has 3 aromatic rings. The van der Waals surface area contributed by atoms with Gasteiger partial charge in [-0.2, -0.15) is 0 Å². The Morgan fingerprint density at radius 2 is 1.30 bits per heavy atom. The number of hydrazine groups is 1. The van der Waals surface area contributed by atoms with E-state index in [1.54, 1.807) is 31.2 Å². The maximum atomic E-state index is 13.0. The van der Waals surface area contributed by atoms with E-state index in [-0.39, 0.29) is 12.3 Å². The number of nitrogens with two attached hydrogens (primary N) is 1. The average molecular weight is 400 g/mol. The number of rotatable bonds is 7. The summed E-state index contributed by atoms with van der Waals surface area (Å²) in [5.74, 6) is 5.12. The maximum Gasteiger partial charge on any atom is 0.356 e. The molecule has 0 heterocycles. The monoisotopic (exact) mass is 400 g/mol. The zero-order valence-corrected chi connectivity index (χ0v) is 16.8. The highest BCUT2D eigenvalue weighted by atomic mass is 16.5. The first-order valence-electron chi connectivity index (χ1n) is 9.75. The van der Waals surface area contributed by atoms with Crippen LogP contribution >= 0.6 is 0 Å². The molecule has 0 atom stereocenters. The summed E-state index contributed by atoms with van der Waals surface area (Å²) in [4.78, 5) is 26.0. The molecule has 2 N–H and O–H groups in total. The fraction of sp³-hybridized carbons (Fsp3) is 0.120. The van der Waals surface area contributed by atoms with Gasteiger partial charge in [0.25, 0.3) is 5.91 Å². The standard InChI is InChI=1S/C25H24N2O3/c1-2-30-25(29)23(27(26)24(28)21-16-10-5-11-17-21)22(20-14-8-4-9-15-20)18-19-12-6-3-7-13-19/h3-17H,2,18,26H2,1H3. The van der Waals surface area contributed by atoms with E-state index >= 15 is 0 Å². The zero-order valence-electron chi connectivity index (χ0n) is 16.8. The Morgan fingerprint density at radius 1 is 0.800 bits per heavy atom. The largest absolute Gasteiger partial charge is 0.461 e. The third kappa shape index (κ3) is 5.01. The first-order valence-corrected chi connectivity index (χ1v) is 9.75. The van der Waals surface area contributed by atoms with Crippen molar-refractivity contribution >= 4 is 17.4 Å². The van der Waals surface area contributed by atoms with Gasteiger partial charge < -0.3 is 4.74 Å². The van der Waals surface area contributed by atoms with Crippen molar-refractivity contribution in [1.29, 1.82) is 0 Å². The molecule has 1 amide bonds. The van der Waals surface area contributed by atoms with Crippen molar-refractivity contribution in [2.75, 3.05) is 6.61 Å². The van der Waals surface area contributed by atoms with E-state index in [0.717, 1.165) is 16.1 Å². The topological polar surface area (TPSA) is 72.6 Å². The minimum absolute atomic E-state index is 0.0285. The normalized spacial score (nSPS) is 11.4. The molecule has 3 aromatic carbocycles. The summed E-state index contributed by atoms with van der Waals surface area (Å²) in [6.45, 7) is 1.89. The molecule has 0 unspecified atom stereocenters. The van der Waals surface area contributed by atoms with E-state index < -0.39 is 11.9 Å². The Kier molecular flexibility index (Phi) is 7.14. The quantitative estimate of drug-likeness (QED) is 0.212. The summed E-state index contributed by atoms with van der Waals surface area (Å²) in [5, 5.41) is 0.901. The number of carbonyl (C=O) groups excluding carboxylic acids is 2. The summed E-state index contributed by atoms with van der Waals surface area (Å²) in [5.41, 5.74) is 2.81. The Bertz CT molecular complexity index is 1020. The average Bonchev–Trinajstić information content (AvgIpc) is 2.80. The predicted octanol–water partition coefficient (Wildman–Crippen LogP) is 4.22. The van der Waals surface area contributed by atoms with E-state index in [4.69, 9.17) is 10.6 Å². The number of amides is 1. The molecule has 5 nitrogen and oxygen atoms in total. The van der Waals surface area contributed by atoms with Crippen LogP contribution in [0.1, 0.15) is 28.4 Å². The number of carbonyl (C=O) groups is 2. The highest BCUT2D eigenvalue weighted by molar-refractivity contribution is 6.05. The number of esters is 1. The van der Waals surface area contributed by atoms with E-state index in [0.29, 0.717) is 17.6 Å². The van der Waals surface area contributed by atoms with Crippen molar-refractivity contribution in [1.82, 2.24) is 5.01 Å². The van der Waals surface area contributed by atoms with E-state index in [1.165, 1.54) is 0 Å². The summed E-state index contributed by atoms with van der Waals surface area (Å²) >= 11 is 0. The van der Waals surface area contributed by atoms with Crippen LogP contribution in [0.2, 0.25) is 0 Å². The Labute approximate surface area is 176 Å². The third-order valence-electron chi connectivity index (χ3n) is 4.58. The van der Waals surface area contributed by atoms with Crippen molar-refractivity contribution in [3.8, 4) is 0 Å². The lowest BCUT2D eigenvalue weighted by Crippen LogP contribution is -2.41. The molecule has 0 aliphatic carbocycles. The number of hydrogen-bond donors (Lipinski definition) is 1. The Hall–Kier alpha value is -3.70. The van der Waals surface area contributed by atoms with Gasteiger partial charge in [0.15, 0.2) is 0 Å². The van der Waals surface area contributed by atoms with Gasteiger partial charge in [0.1, 0.15) is 5.70 Å². The molecule has 5 heteroatoms. The SMILES string of the molecule is CCOC(=O)C(=C(Cc1ccccc1)c1ccccc1)N(N)C(=O)c1ccccc1. The van der Waals surface area contributed by atoms with Crippen molar-refractivity contribution in [3.05, 3.63) is 113 Å². The summed E-state index contributed by atoms with van der Waals surface area (Å²) in [7, 11) is 0. The smallest absolute Gasteiger partial charge is 0.356 e. The molecular formula is C25H24N2O3. The highest BCUT2D eigenvalue weighted by Gasteiger charge is 2.28. The molecule has 0 bridgehead atoms. The van der Waals surface area contributed by atoms with Crippen molar-refractivity contribution in [2.45, 2.75) is 13.3 Å². The van der Waals surface area contributed by atoms with Gasteiger partial charge in [0.2, 0.25) is 0 Å². The van der Waals surface area contributed by atoms with Crippen LogP contribution in [0.3, 0.4) is 0 Å². The van der Waals surface area contributed by atoms with Gasteiger partial charge in [-0.05, 0) is 35.8 Å². The number of ether oxygens (including phenoxy) is 1. The summed E-state index contributed by atoms with van der Waals surface area (Å²) in [6.07, 6.45) is 0.411. The van der Waals surface area contributed by atoms with Crippen LogP contribution in [0, 0.1) is 0 Å². The van der Waals surface area contributed by atoms with Gasteiger partial charge in [0, 0.05) is 12.0 Å². The molecule has 0 aliphatic heterocycles. The summed E-state index contributed by atoms with van der Waals surface area (Å²) < 4.78 is 5.28. The fourth-order valence-electron chi connectivity index (χ4n) is 3.15. The van der Waals surface area contributed by atoms with Crippen LogP contribution in [-0.2, 0) is 16.0 Å². The minimum atomic E-state index is -0.640. The van der Waals surface area contributed by atoms with Gasteiger partial charge >= 0.3 is 5.97 Å². The second-order valence-electron chi connectivity index (χ2n) is 6.62. The van der Waals surface area contributed by atoms with Crippen molar-refractivity contribution < 1.29 is 14.3 Å². The molecule has 30 heavy (non-hydrogen) atoms. The van der Waals surface area contributed by atoms with Crippen LogP contribution in [0.4, 0.5) is 0 Å². The van der Waals surface area contributed by atoms with Gasteiger partial charge in [-0.3, -0.25) is 4.79 Å². The Balaban J connectivity index is 2.15. The maximum absolute atomic E-state index is 13.0. The van der Waals surface area contributed by atoms with Gasteiger partial charge in [-0.1, -0.05) is 78.9 Å². The third-order valence-corrected chi connectivity index (χ3v) is 4.58. The van der Waals surface area contributed by atoms with Gasteiger partial charge in [-0.25, -0.2) is 15.6 Å². The summed E-state index contributed by atoms with van der Waals surface area (Å²) in [6, 6.07) is 27.8. The van der Waals surface area contributed by atoms with Crippen LogP contribution in [0.15, 0.2) is 96.7 Å². The second-order valence-corrected chi connectivity index (χ2v) is 6.62. The van der Waals surface area contributed by atoms with Crippen molar-refractivity contribution in [3.63, 3.8) is 0 Å². The second kappa shape index (κ2) is 10.2. The Morgan fingerprint density at radius 3 is 1.83 bits per heavy atom. The lowest BCUT2D eigenvalue weighted by atomic mass is 9.95. The number of nitrogens with zero attached hydrogens (tertiary/aromatic N) is 1. The van der Waals surface area contributed by atoms with Gasteiger partial charge in [-0.15, -0.1) is 0 Å². The molecular weight excluding hydrogens is 376 g/mol. The van der Waals surface area contributed by atoms with Crippen molar-refractivity contribution in [2.24, 2.45) is 5.84 Å². The molecule has 0 radical (unpaired) electrons. The minimum Gasteiger partial charge on any atom is -0.461 e. The predicted molar refractivity (Wildman–Crippen MR) is 117 cm³/mol. The number of allylic oxidation sites excluding steroid dienone is 1. The number of benzene rings is 3. The lowest BCUT2D eigenvalue weighted by Gasteiger charge is -2.23. The van der Waals surface area contributed by atoms with Gasteiger partial charge in [0.05, 0.1) is 6.61 Å².